The summed E-state index contributed by atoms with van der Waals surface area (Å²) >= 11 is 1.58. The summed E-state index contributed by atoms with van der Waals surface area (Å²) in [5.41, 5.74) is 0. The normalized spacial score (nSPS) is 9.70. The van der Waals surface area contributed by atoms with Crippen molar-refractivity contribution in [1.29, 1.82) is 0 Å². The molecule has 1 rings (SSSR count). The van der Waals surface area contributed by atoms with Crippen molar-refractivity contribution in [2.45, 2.75) is 11.6 Å². The van der Waals surface area contributed by atoms with Crippen LogP contribution < -0.4 is 0 Å². The van der Waals surface area contributed by atoms with Crippen molar-refractivity contribution in [3.05, 3.63) is 12.5 Å². The van der Waals surface area contributed by atoms with Crippen LogP contribution in [0.25, 0.3) is 0 Å². The molecule has 0 aliphatic carbocycles. The van der Waals surface area contributed by atoms with E-state index in [0.717, 1.165) is 11.3 Å². The Morgan fingerprint density at radius 1 is 1.90 bits per heavy atom. The molecule has 0 radical (unpaired) electrons. The van der Waals surface area contributed by atoms with Gasteiger partial charge in [0.15, 0.2) is 0 Å². The molecule has 1 aromatic rings. The molecule has 54 valence electrons. The van der Waals surface area contributed by atoms with Gasteiger partial charge < -0.3 is 9.36 Å². The average molecular weight is 156 g/mol. The van der Waals surface area contributed by atoms with Crippen LogP contribution in [0.3, 0.4) is 0 Å². The number of carbonyl (C=O) groups is 1. The van der Waals surface area contributed by atoms with E-state index in [0.29, 0.717) is 6.54 Å². The zero-order valence-electron chi connectivity index (χ0n) is 5.65. The summed E-state index contributed by atoms with van der Waals surface area (Å²) < 4.78 is 1.80. The Hall–Kier alpha value is -0.770. The number of imidazole rings is 1. The Balaban J connectivity index is 2.79. The van der Waals surface area contributed by atoms with Crippen molar-refractivity contribution in [3.8, 4) is 0 Å². The second kappa shape index (κ2) is 3.41. The number of aldehydes is 1. The second-order valence-corrected chi connectivity index (χ2v) is 2.58. The van der Waals surface area contributed by atoms with Gasteiger partial charge in [-0.3, -0.25) is 0 Å². The highest BCUT2D eigenvalue weighted by Crippen LogP contribution is 2.11. The summed E-state index contributed by atoms with van der Waals surface area (Å²) in [5.74, 6) is 0. The lowest BCUT2D eigenvalue weighted by atomic mass is 10.7. The highest BCUT2D eigenvalue weighted by Gasteiger charge is 1.96. The van der Waals surface area contributed by atoms with E-state index in [9.17, 15) is 4.79 Å². The molecule has 0 fully saturated rings. The van der Waals surface area contributed by atoms with E-state index in [-0.39, 0.29) is 0 Å². The Morgan fingerprint density at radius 3 is 3.30 bits per heavy atom. The third-order valence-electron chi connectivity index (χ3n) is 1.15. The minimum absolute atomic E-state index is 0.399. The monoisotopic (exact) mass is 156 g/mol. The summed E-state index contributed by atoms with van der Waals surface area (Å²) in [6.07, 6.45) is 6.22. The van der Waals surface area contributed by atoms with Crippen LogP contribution in [-0.4, -0.2) is 22.1 Å². The van der Waals surface area contributed by atoms with E-state index < -0.39 is 0 Å². The maximum atomic E-state index is 10.1. The number of rotatable bonds is 3. The fraction of sp³-hybridized carbons (Fsp3) is 0.333. The van der Waals surface area contributed by atoms with Crippen LogP contribution in [0, 0.1) is 0 Å². The summed E-state index contributed by atoms with van der Waals surface area (Å²) in [4.78, 5) is 14.0. The van der Waals surface area contributed by atoms with E-state index in [4.69, 9.17) is 0 Å². The van der Waals surface area contributed by atoms with Crippen LogP contribution >= 0.6 is 11.8 Å². The van der Waals surface area contributed by atoms with Crippen LogP contribution in [-0.2, 0) is 11.3 Å². The van der Waals surface area contributed by atoms with Gasteiger partial charge in [0.05, 0.1) is 24.1 Å². The average Bonchev–Trinajstić information content (AvgIpc) is 2.36. The summed E-state index contributed by atoms with van der Waals surface area (Å²) in [7, 11) is 0. The second-order valence-electron chi connectivity index (χ2n) is 1.76. The van der Waals surface area contributed by atoms with Gasteiger partial charge >= 0.3 is 0 Å². The Kier molecular flexibility index (Phi) is 2.50. The van der Waals surface area contributed by atoms with Gasteiger partial charge in [-0.1, -0.05) is 0 Å². The lowest BCUT2D eigenvalue weighted by molar-refractivity contribution is -0.108. The summed E-state index contributed by atoms with van der Waals surface area (Å²) in [6.45, 7) is 0.399. The number of hydrogen-bond donors (Lipinski definition) is 0. The van der Waals surface area contributed by atoms with Gasteiger partial charge in [-0.2, -0.15) is 0 Å². The molecule has 0 aromatic carbocycles. The molecule has 4 heteroatoms. The van der Waals surface area contributed by atoms with Gasteiger partial charge in [-0.25, -0.2) is 4.98 Å². The van der Waals surface area contributed by atoms with Crippen LogP contribution in [0.15, 0.2) is 17.6 Å². The molecule has 0 aliphatic heterocycles. The molecule has 1 heterocycles. The first-order valence-electron chi connectivity index (χ1n) is 2.86. The Bertz CT molecular complexity index is 221. The van der Waals surface area contributed by atoms with Crippen LogP contribution in [0.5, 0.6) is 0 Å². The molecule has 0 atom stereocenters. The summed E-state index contributed by atoms with van der Waals surface area (Å²) in [5, 5.41) is 1.02. The highest BCUT2D eigenvalue weighted by molar-refractivity contribution is 7.98. The fourth-order valence-electron chi connectivity index (χ4n) is 0.696. The third kappa shape index (κ3) is 1.39. The first-order valence-corrected chi connectivity index (χ1v) is 4.08. The van der Waals surface area contributed by atoms with Gasteiger partial charge in [0.2, 0.25) is 0 Å². The zero-order valence-corrected chi connectivity index (χ0v) is 6.47. The minimum Gasteiger partial charge on any atom is -0.319 e. The molecule has 0 unspecified atom stereocenters. The standard InChI is InChI=1S/C6H8N2OS/c1-10-6-4-7-5-8(6)2-3-9/h3-5H,2H2,1H3. The van der Waals surface area contributed by atoms with Gasteiger partial charge in [0, 0.05) is 0 Å². The number of carbonyl (C=O) groups excluding carboxylic acids is 1. The van der Waals surface area contributed by atoms with Gasteiger partial charge in [0.1, 0.15) is 6.29 Å². The number of aromatic nitrogens is 2. The molecule has 0 amide bonds. The fourth-order valence-corrected chi connectivity index (χ4v) is 1.22. The number of nitrogens with zero attached hydrogens (tertiary/aromatic N) is 2. The molecule has 0 N–H and O–H groups in total. The van der Waals surface area contributed by atoms with Crippen molar-refractivity contribution in [1.82, 2.24) is 9.55 Å². The van der Waals surface area contributed by atoms with Crippen molar-refractivity contribution in [3.63, 3.8) is 0 Å². The molecule has 1 aromatic heterocycles. The molecule has 0 aliphatic rings. The molecule has 0 saturated heterocycles. The van der Waals surface area contributed by atoms with E-state index in [1.165, 1.54) is 0 Å². The largest absolute Gasteiger partial charge is 0.319 e. The first-order chi connectivity index (χ1) is 4.88. The quantitative estimate of drug-likeness (QED) is 0.479. The van der Waals surface area contributed by atoms with E-state index >= 15 is 0 Å². The first kappa shape index (κ1) is 7.34. The molecule has 10 heavy (non-hydrogen) atoms. The SMILES string of the molecule is CSc1cncn1CC=O. The van der Waals surface area contributed by atoms with Gasteiger partial charge in [0.25, 0.3) is 0 Å². The maximum absolute atomic E-state index is 10.1. The molecular formula is C6H8N2OS. The van der Waals surface area contributed by atoms with Crippen molar-refractivity contribution in [2.75, 3.05) is 6.26 Å². The third-order valence-corrected chi connectivity index (χ3v) is 1.91. The highest BCUT2D eigenvalue weighted by atomic mass is 32.2. The maximum Gasteiger partial charge on any atom is 0.139 e. The van der Waals surface area contributed by atoms with Gasteiger partial charge in [-0.05, 0) is 6.26 Å². The van der Waals surface area contributed by atoms with Crippen molar-refractivity contribution >= 4 is 18.0 Å². The Morgan fingerprint density at radius 2 is 2.70 bits per heavy atom. The molecule has 3 nitrogen and oxygen atoms in total. The molecule has 0 bridgehead atoms. The Labute approximate surface area is 63.4 Å². The minimum atomic E-state index is 0.399. The lowest BCUT2D eigenvalue weighted by Gasteiger charge is -1.97. The predicted octanol–water partition coefficient (Wildman–Crippen LogP) is 0.804. The van der Waals surface area contributed by atoms with E-state index in [1.54, 1.807) is 28.9 Å². The summed E-state index contributed by atoms with van der Waals surface area (Å²) in [6, 6.07) is 0. The smallest absolute Gasteiger partial charge is 0.139 e. The number of hydrogen-bond acceptors (Lipinski definition) is 3. The van der Waals surface area contributed by atoms with Crippen LogP contribution in [0.4, 0.5) is 0 Å². The predicted molar refractivity (Wildman–Crippen MR) is 40.1 cm³/mol. The van der Waals surface area contributed by atoms with Crippen molar-refractivity contribution < 1.29 is 4.79 Å². The van der Waals surface area contributed by atoms with E-state index in [2.05, 4.69) is 4.98 Å². The van der Waals surface area contributed by atoms with Crippen molar-refractivity contribution in [2.24, 2.45) is 0 Å². The van der Waals surface area contributed by atoms with E-state index in [1.807, 2.05) is 6.26 Å². The molecule has 0 saturated carbocycles. The van der Waals surface area contributed by atoms with Crippen LogP contribution in [0.1, 0.15) is 0 Å². The van der Waals surface area contributed by atoms with Gasteiger partial charge in [-0.15, -0.1) is 11.8 Å². The number of thioether (sulfide) groups is 1. The molecular weight excluding hydrogens is 148 g/mol. The molecule has 0 spiro atoms. The lowest BCUT2D eigenvalue weighted by Crippen LogP contribution is -1.97. The topological polar surface area (TPSA) is 34.9 Å². The zero-order chi connectivity index (χ0) is 7.40. The van der Waals surface area contributed by atoms with Crippen LogP contribution in [0.2, 0.25) is 0 Å².